The van der Waals surface area contributed by atoms with Crippen LogP contribution in [0.3, 0.4) is 0 Å². The van der Waals surface area contributed by atoms with E-state index in [-0.39, 0.29) is 6.10 Å². The molecule has 0 heterocycles. The first kappa shape index (κ1) is 8.25. The van der Waals surface area contributed by atoms with Crippen LogP contribution >= 0.6 is 0 Å². The molecule has 14 heavy (non-hydrogen) atoms. The number of hydrogen-bond acceptors (Lipinski definition) is 1. The first-order valence-corrected chi connectivity index (χ1v) is 5.34. The molecule has 0 bridgehead atoms. The van der Waals surface area contributed by atoms with Gasteiger partial charge in [-0.05, 0) is 42.4 Å². The fourth-order valence-electron chi connectivity index (χ4n) is 2.74. The smallest absolute Gasteiger partial charge is 0.0798 e. The summed E-state index contributed by atoms with van der Waals surface area (Å²) in [5.41, 5.74) is 5.45. The van der Waals surface area contributed by atoms with Crippen LogP contribution in [0.15, 0.2) is 29.8 Å². The van der Waals surface area contributed by atoms with Gasteiger partial charge in [0.2, 0.25) is 0 Å². The maximum absolute atomic E-state index is 9.91. The van der Waals surface area contributed by atoms with Crippen molar-refractivity contribution in [1.29, 1.82) is 0 Å². The van der Waals surface area contributed by atoms with Crippen molar-refractivity contribution < 1.29 is 5.11 Å². The lowest BCUT2D eigenvalue weighted by Gasteiger charge is -2.20. The van der Waals surface area contributed by atoms with E-state index < -0.39 is 0 Å². The molecule has 2 aliphatic rings. The standard InChI is InChI=1S/C13H14O/c14-12-8-7-10-6-5-9-3-1-2-4-11(9)13(10)12/h1-4,12,14H,5-8H2/t12-/m0/s1. The van der Waals surface area contributed by atoms with E-state index in [1.165, 1.54) is 22.3 Å². The quantitative estimate of drug-likeness (QED) is 0.660. The summed E-state index contributed by atoms with van der Waals surface area (Å²) in [5.74, 6) is 0. The molecule has 1 atom stereocenters. The lowest BCUT2D eigenvalue weighted by Crippen LogP contribution is -2.09. The van der Waals surface area contributed by atoms with Gasteiger partial charge >= 0.3 is 0 Å². The van der Waals surface area contributed by atoms with E-state index in [1.54, 1.807) is 0 Å². The number of aliphatic hydroxyl groups excluding tert-OH is 1. The summed E-state index contributed by atoms with van der Waals surface area (Å²) in [5, 5.41) is 9.91. The van der Waals surface area contributed by atoms with Gasteiger partial charge in [-0.2, -0.15) is 0 Å². The van der Waals surface area contributed by atoms with Crippen LogP contribution in [-0.4, -0.2) is 11.2 Å². The third-order valence-electron chi connectivity index (χ3n) is 3.44. The van der Waals surface area contributed by atoms with E-state index in [0.717, 1.165) is 25.7 Å². The number of benzene rings is 1. The molecular weight excluding hydrogens is 172 g/mol. The summed E-state index contributed by atoms with van der Waals surface area (Å²) in [6.45, 7) is 0. The Bertz CT molecular complexity index is 403. The van der Waals surface area contributed by atoms with Crippen LogP contribution in [0.4, 0.5) is 0 Å². The highest BCUT2D eigenvalue weighted by molar-refractivity contribution is 5.77. The third kappa shape index (κ3) is 1.05. The first-order valence-electron chi connectivity index (χ1n) is 5.34. The summed E-state index contributed by atoms with van der Waals surface area (Å²) in [6, 6.07) is 8.49. The molecule has 0 spiro atoms. The minimum atomic E-state index is -0.202. The average molecular weight is 186 g/mol. The Balaban J connectivity index is 2.18. The summed E-state index contributed by atoms with van der Waals surface area (Å²) >= 11 is 0. The highest BCUT2D eigenvalue weighted by Gasteiger charge is 2.28. The number of aliphatic hydroxyl groups is 1. The Morgan fingerprint density at radius 1 is 1.07 bits per heavy atom. The van der Waals surface area contributed by atoms with E-state index in [0.29, 0.717) is 0 Å². The van der Waals surface area contributed by atoms with Crippen LogP contribution in [0.2, 0.25) is 0 Å². The second-order valence-corrected chi connectivity index (χ2v) is 4.23. The number of allylic oxidation sites excluding steroid dienone is 1. The van der Waals surface area contributed by atoms with Gasteiger partial charge < -0.3 is 5.11 Å². The molecule has 0 saturated heterocycles. The molecule has 0 aliphatic heterocycles. The largest absolute Gasteiger partial charge is 0.388 e. The van der Waals surface area contributed by atoms with Crippen LogP contribution in [0.25, 0.3) is 5.57 Å². The van der Waals surface area contributed by atoms with Crippen molar-refractivity contribution >= 4 is 5.57 Å². The summed E-state index contributed by atoms with van der Waals surface area (Å²) in [4.78, 5) is 0. The molecular formula is C13H14O. The van der Waals surface area contributed by atoms with Gasteiger partial charge in [0.1, 0.15) is 0 Å². The minimum Gasteiger partial charge on any atom is -0.388 e. The molecule has 1 N–H and O–H groups in total. The van der Waals surface area contributed by atoms with Gasteiger partial charge in [-0.1, -0.05) is 29.8 Å². The zero-order valence-electron chi connectivity index (χ0n) is 8.16. The Hall–Kier alpha value is -1.08. The number of fused-ring (bicyclic) bond motifs is 2. The molecule has 1 heteroatoms. The van der Waals surface area contributed by atoms with Gasteiger partial charge in [-0.25, -0.2) is 0 Å². The molecule has 3 rings (SSSR count). The van der Waals surface area contributed by atoms with Gasteiger partial charge in [0.25, 0.3) is 0 Å². The molecule has 0 unspecified atom stereocenters. The Kier molecular flexibility index (Phi) is 1.74. The molecule has 1 nitrogen and oxygen atoms in total. The molecule has 72 valence electrons. The Labute approximate surface area is 84.1 Å². The highest BCUT2D eigenvalue weighted by Crippen LogP contribution is 2.41. The average Bonchev–Trinajstić information content (AvgIpc) is 2.61. The van der Waals surface area contributed by atoms with E-state index in [4.69, 9.17) is 0 Å². The summed E-state index contributed by atoms with van der Waals surface area (Å²) in [6.07, 6.45) is 4.14. The fraction of sp³-hybridized carbons (Fsp3) is 0.385. The minimum absolute atomic E-state index is 0.202. The van der Waals surface area contributed by atoms with Crippen molar-refractivity contribution in [3.63, 3.8) is 0 Å². The molecule has 1 aromatic carbocycles. The van der Waals surface area contributed by atoms with Crippen molar-refractivity contribution in [2.75, 3.05) is 0 Å². The zero-order chi connectivity index (χ0) is 9.54. The van der Waals surface area contributed by atoms with Crippen LogP contribution in [0.1, 0.15) is 30.4 Å². The highest BCUT2D eigenvalue weighted by atomic mass is 16.3. The normalized spacial score (nSPS) is 24.8. The number of hydrogen-bond donors (Lipinski definition) is 1. The number of aryl methyl sites for hydroxylation is 1. The maximum Gasteiger partial charge on any atom is 0.0798 e. The second-order valence-electron chi connectivity index (χ2n) is 4.23. The van der Waals surface area contributed by atoms with E-state index in [9.17, 15) is 5.11 Å². The molecule has 0 amide bonds. The van der Waals surface area contributed by atoms with E-state index in [1.807, 2.05) is 0 Å². The zero-order valence-corrected chi connectivity index (χ0v) is 8.16. The van der Waals surface area contributed by atoms with Crippen molar-refractivity contribution in [2.45, 2.75) is 31.8 Å². The van der Waals surface area contributed by atoms with Crippen LogP contribution in [0, 0.1) is 0 Å². The predicted octanol–water partition coefficient (Wildman–Crippen LogP) is 2.54. The van der Waals surface area contributed by atoms with Crippen molar-refractivity contribution in [2.24, 2.45) is 0 Å². The second kappa shape index (κ2) is 2.96. The van der Waals surface area contributed by atoms with E-state index in [2.05, 4.69) is 24.3 Å². The van der Waals surface area contributed by atoms with Crippen molar-refractivity contribution in [1.82, 2.24) is 0 Å². The lowest BCUT2D eigenvalue weighted by atomic mass is 9.86. The molecule has 0 aromatic heterocycles. The van der Waals surface area contributed by atoms with Gasteiger partial charge in [0.05, 0.1) is 6.10 Å². The molecule has 0 saturated carbocycles. The van der Waals surface area contributed by atoms with Gasteiger partial charge in [0, 0.05) is 0 Å². The maximum atomic E-state index is 9.91. The molecule has 1 aromatic rings. The van der Waals surface area contributed by atoms with Crippen molar-refractivity contribution in [3.05, 3.63) is 41.0 Å². The van der Waals surface area contributed by atoms with Crippen LogP contribution < -0.4 is 0 Å². The Morgan fingerprint density at radius 2 is 1.93 bits per heavy atom. The molecule has 0 radical (unpaired) electrons. The van der Waals surface area contributed by atoms with E-state index >= 15 is 0 Å². The number of rotatable bonds is 0. The summed E-state index contributed by atoms with van der Waals surface area (Å²) < 4.78 is 0. The Morgan fingerprint density at radius 3 is 2.86 bits per heavy atom. The monoisotopic (exact) mass is 186 g/mol. The summed E-state index contributed by atoms with van der Waals surface area (Å²) in [7, 11) is 0. The molecule has 2 aliphatic carbocycles. The molecule has 0 fully saturated rings. The van der Waals surface area contributed by atoms with Crippen LogP contribution in [-0.2, 0) is 6.42 Å². The topological polar surface area (TPSA) is 20.2 Å². The van der Waals surface area contributed by atoms with Crippen LogP contribution in [0.5, 0.6) is 0 Å². The van der Waals surface area contributed by atoms with Crippen molar-refractivity contribution in [3.8, 4) is 0 Å². The SMILES string of the molecule is O[C@H]1CCC2=C1c1ccccc1CC2. The van der Waals surface area contributed by atoms with Gasteiger partial charge in [0.15, 0.2) is 0 Å². The lowest BCUT2D eigenvalue weighted by molar-refractivity contribution is 0.231. The first-order chi connectivity index (χ1) is 6.86. The van der Waals surface area contributed by atoms with Gasteiger partial charge in [-0.15, -0.1) is 0 Å². The third-order valence-corrected chi connectivity index (χ3v) is 3.44. The van der Waals surface area contributed by atoms with Gasteiger partial charge in [-0.3, -0.25) is 0 Å². The predicted molar refractivity (Wildman–Crippen MR) is 56.9 cm³/mol. The fourth-order valence-corrected chi connectivity index (χ4v) is 2.74.